The first-order valence-electron chi connectivity index (χ1n) is 8.32. The van der Waals surface area contributed by atoms with Crippen LogP contribution in [0.3, 0.4) is 0 Å². The smallest absolute Gasteiger partial charge is 0.343 e. The first kappa shape index (κ1) is 16.7. The lowest BCUT2D eigenvalue weighted by atomic mass is 9.86. The zero-order valence-corrected chi connectivity index (χ0v) is 14.5. The van der Waals surface area contributed by atoms with Gasteiger partial charge in [-0.2, -0.15) is 5.10 Å². The summed E-state index contributed by atoms with van der Waals surface area (Å²) in [5.74, 6) is 0.484. The van der Waals surface area contributed by atoms with E-state index in [0.717, 1.165) is 38.4 Å². The Balaban J connectivity index is 1.83. The maximum absolute atomic E-state index is 12.0. The quantitative estimate of drug-likeness (QED) is 0.755. The van der Waals surface area contributed by atoms with Crippen molar-refractivity contribution in [1.29, 1.82) is 0 Å². The minimum atomic E-state index is -0.386. The molecule has 0 unspecified atom stereocenters. The molecule has 1 fully saturated rings. The summed E-state index contributed by atoms with van der Waals surface area (Å²) in [5.41, 5.74) is 1.17. The lowest BCUT2D eigenvalue weighted by Crippen LogP contribution is -2.26. The fourth-order valence-corrected chi connectivity index (χ4v) is 3.16. The first-order chi connectivity index (χ1) is 11.6. The molecule has 130 valence electrons. The number of rotatable bonds is 6. The van der Waals surface area contributed by atoms with Crippen LogP contribution in [0.5, 0.6) is 0 Å². The predicted octanol–water partition coefficient (Wildman–Crippen LogP) is 2.16. The van der Waals surface area contributed by atoms with Crippen molar-refractivity contribution in [3.05, 3.63) is 24.0 Å². The molecule has 2 aromatic heterocycles. The van der Waals surface area contributed by atoms with E-state index in [1.54, 1.807) is 18.5 Å². The summed E-state index contributed by atoms with van der Waals surface area (Å²) in [5, 5.41) is 4.18. The number of nitrogens with zero attached hydrogens (tertiary/aromatic N) is 4. The second kappa shape index (κ2) is 6.76. The minimum Gasteiger partial charge on any atom is -0.462 e. The molecular formula is C17H24N4O3. The lowest BCUT2D eigenvalue weighted by Gasteiger charge is -2.24. The number of methoxy groups -OCH3 is 1. The summed E-state index contributed by atoms with van der Waals surface area (Å²) < 4.78 is 11.9. The number of hydrogen-bond donors (Lipinski definition) is 0. The van der Waals surface area contributed by atoms with Gasteiger partial charge in [0, 0.05) is 33.0 Å². The van der Waals surface area contributed by atoms with Crippen molar-refractivity contribution >= 4 is 17.4 Å². The number of carbonyl (C=O) groups excluding carboxylic acids is 1. The van der Waals surface area contributed by atoms with Crippen molar-refractivity contribution in [3.63, 3.8) is 0 Å². The number of anilines is 1. The van der Waals surface area contributed by atoms with E-state index in [9.17, 15) is 4.79 Å². The van der Waals surface area contributed by atoms with Crippen molar-refractivity contribution in [2.24, 2.45) is 5.41 Å². The van der Waals surface area contributed by atoms with E-state index in [4.69, 9.17) is 9.47 Å². The molecule has 0 aliphatic carbocycles. The van der Waals surface area contributed by atoms with Gasteiger partial charge in [-0.1, -0.05) is 6.92 Å². The third kappa shape index (κ3) is 3.21. The van der Waals surface area contributed by atoms with Gasteiger partial charge in [-0.25, -0.2) is 14.3 Å². The Morgan fingerprint density at radius 3 is 3.04 bits per heavy atom. The molecule has 2 aromatic rings. The van der Waals surface area contributed by atoms with Gasteiger partial charge in [0.15, 0.2) is 5.65 Å². The Kier molecular flexibility index (Phi) is 4.71. The molecule has 0 aromatic carbocycles. The fourth-order valence-electron chi connectivity index (χ4n) is 3.16. The Morgan fingerprint density at radius 2 is 2.29 bits per heavy atom. The van der Waals surface area contributed by atoms with Gasteiger partial charge in [0.25, 0.3) is 0 Å². The molecule has 1 aliphatic heterocycles. The van der Waals surface area contributed by atoms with Crippen LogP contribution in [-0.2, 0) is 9.47 Å². The van der Waals surface area contributed by atoms with Crippen LogP contribution in [0.15, 0.2) is 18.5 Å². The van der Waals surface area contributed by atoms with Crippen LogP contribution in [0, 0.1) is 5.41 Å². The van der Waals surface area contributed by atoms with E-state index in [2.05, 4.69) is 21.9 Å². The van der Waals surface area contributed by atoms with Crippen LogP contribution >= 0.6 is 0 Å². The van der Waals surface area contributed by atoms with Gasteiger partial charge in [-0.3, -0.25) is 0 Å². The number of fused-ring (bicyclic) bond motifs is 1. The van der Waals surface area contributed by atoms with E-state index >= 15 is 0 Å². The highest BCUT2D eigenvalue weighted by Crippen LogP contribution is 2.35. The van der Waals surface area contributed by atoms with Gasteiger partial charge in [0.05, 0.1) is 12.8 Å². The summed E-state index contributed by atoms with van der Waals surface area (Å²) in [7, 11) is 1.74. The van der Waals surface area contributed by atoms with Crippen molar-refractivity contribution in [1.82, 2.24) is 14.6 Å². The summed E-state index contributed by atoms with van der Waals surface area (Å²) in [6.07, 6.45) is 5.48. The fraction of sp³-hybridized carbons (Fsp3) is 0.588. The van der Waals surface area contributed by atoms with Crippen LogP contribution in [0.25, 0.3) is 5.65 Å². The van der Waals surface area contributed by atoms with Crippen LogP contribution in [0.2, 0.25) is 0 Å². The van der Waals surface area contributed by atoms with Crippen LogP contribution in [0.4, 0.5) is 5.82 Å². The molecule has 0 saturated carbocycles. The summed E-state index contributed by atoms with van der Waals surface area (Å²) in [6.45, 7) is 7.06. The minimum absolute atomic E-state index is 0.230. The molecule has 0 spiro atoms. The highest BCUT2D eigenvalue weighted by atomic mass is 16.5. The Bertz CT molecular complexity index is 730. The van der Waals surface area contributed by atoms with E-state index in [1.807, 2.05) is 12.3 Å². The molecule has 3 rings (SSSR count). The zero-order chi connectivity index (χ0) is 17.2. The third-order valence-electron chi connectivity index (χ3n) is 4.64. The first-order valence-corrected chi connectivity index (χ1v) is 8.32. The number of ether oxygens (including phenoxy) is 2. The Labute approximate surface area is 141 Å². The van der Waals surface area contributed by atoms with Crippen molar-refractivity contribution in [2.45, 2.75) is 26.7 Å². The predicted molar refractivity (Wildman–Crippen MR) is 90.4 cm³/mol. The zero-order valence-electron chi connectivity index (χ0n) is 14.5. The monoisotopic (exact) mass is 332 g/mol. The molecular weight excluding hydrogens is 308 g/mol. The average Bonchev–Trinajstić information content (AvgIpc) is 3.17. The lowest BCUT2D eigenvalue weighted by molar-refractivity contribution is 0.0528. The molecule has 3 heterocycles. The van der Waals surface area contributed by atoms with Gasteiger partial charge >= 0.3 is 5.97 Å². The van der Waals surface area contributed by atoms with E-state index in [0.29, 0.717) is 17.8 Å². The van der Waals surface area contributed by atoms with Gasteiger partial charge in [-0.15, -0.1) is 0 Å². The van der Waals surface area contributed by atoms with Crippen LogP contribution in [-0.4, -0.2) is 54.0 Å². The molecule has 24 heavy (non-hydrogen) atoms. The highest BCUT2D eigenvalue weighted by Gasteiger charge is 2.34. The van der Waals surface area contributed by atoms with Crippen LogP contribution < -0.4 is 4.90 Å². The summed E-state index contributed by atoms with van der Waals surface area (Å²) in [4.78, 5) is 19.0. The standard InChI is InChI=1S/C17H24N4O3/c1-4-24-16(22)13-11-18-21-8-5-14(19-15(13)21)20-9-6-17(2,12-20)7-10-23-3/h5,8,11H,4,6-7,9-10,12H2,1-3H3/t17-/m1/s1. The molecule has 0 N–H and O–H groups in total. The van der Waals surface area contributed by atoms with E-state index in [-0.39, 0.29) is 11.4 Å². The molecule has 7 heteroatoms. The number of hydrogen-bond acceptors (Lipinski definition) is 6. The number of aromatic nitrogens is 3. The maximum Gasteiger partial charge on any atom is 0.343 e. The second-order valence-electron chi connectivity index (χ2n) is 6.56. The van der Waals surface area contributed by atoms with Crippen molar-refractivity contribution in [3.8, 4) is 0 Å². The van der Waals surface area contributed by atoms with Crippen LogP contribution in [0.1, 0.15) is 37.0 Å². The molecule has 0 bridgehead atoms. The normalized spacial score (nSPS) is 20.7. The van der Waals surface area contributed by atoms with Crippen molar-refractivity contribution in [2.75, 3.05) is 38.3 Å². The van der Waals surface area contributed by atoms with E-state index < -0.39 is 0 Å². The van der Waals surface area contributed by atoms with Gasteiger partial charge < -0.3 is 14.4 Å². The Hall–Kier alpha value is -2.15. The van der Waals surface area contributed by atoms with Gasteiger partial charge in [0.1, 0.15) is 11.4 Å². The Morgan fingerprint density at radius 1 is 1.46 bits per heavy atom. The topological polar surface area (TPSA) is 69.0 Å². The number of carbonyl (C=O) groups is 1. The van der Waals surface area contributed by atoms with Gasteiger partial charge in [-0.05, 0) is 31.2 Å². The largest absolute Gasteiger partial charge is 0.462 e. The second-order valence-corrected chi connectivity index (χ2v) is 6.56. The SMILES string of the molecule is CCOC(=O)c1cnn2ccc(N3CC[C@](C)(CCOC)C3)nc12. The highest BCUT2D eigenvalue weighted by molar-refractivity contribution is 5.95. The molecule has 0 radical (unpaired) electrons. The summed E-state index contributed by atoms with van der Waals surface area (Å²) in [6, 6.07) is 1.94. The maximum atomic E-state index is 12.0. The van der Waals surface area contributed by atoms with E-state index in [1.165, 1.54) is 6.20 Å². The number of esters is 1. The van der Waals surface area contributed by atoms with Gasteiger partial charge in [0.2, 0.25) is 0 Å². The van der Waals surface area contributed by atoms with Crippen molar-refractivity contribution < 1.29 is 14.3 Å². The molecule has 0 amide bonds. The molecule has 1 aliphatic rings. The molecule has 1 atom stereocenters. The third-order valence-corrected chi connectivity index (χ3v) is 4.64. The average molecular weight is 332 g/mol. The molecule has 7 nitrogen and oxygen atoms in total. The summed E-state index contributed by atoms with van der Waals surface area (Å²) >= 11 is 0. The molecule has 1 saturated heterocycles.